The maximum Gasteiger partial charge on any atom is 0.189 e. The lowest BCUT2D eigenvalue weighted by Crippen LogP contribution is -2.27. The number of aromatic nitrogens is 1. The fraction of sp³-hybridized carbons (Fsp3) is 0.333. The third kappa shape index (κ3) is 3.35. The van der Waals surface area contributed by atoms with Crippen LogP contribution in [0.2, 0.25) is 0 Å². The lowest BCUT2D eigenvalue weighted by Gasteiger charge is -2.08. The van der Waals surface area contributed by atoms with Gasteiger partial charge in [0.15, 0.2) is 10.2 Å². The van der Waals surface area contributed by atoms with Gasteiger partial charge >= 0.3 is 0 Å². The molecule has 0 unspecified atom stereocenters. The Kier molecular flexibility index (Phi) is 4.28. The summed E-state index contributed by atoms with van der Waals surface area (Å²) >= 11 is 7.06. The maximum absolute atomic E-state index is 5.32. The second-order valence-corrected chi connectivity index (χ2v) is 6.38. The number of hydrogen-bond donors (Lipinski definition) is 2. The number of thiocarbonyl (C=S) groups is 1. The van der Waals surface area contributed by atoms with Gasteiger partial charge in [-0.3, -0.25) is 0 Å². The van der Waals surface area contributed by atoms with Gasteiger partial charge in [-0.05, 0) is 43.5 Å². The summed E-state index contributed by atoms with van der Waals surface area (Å²) in [6.07, 6.45) is 4.81. The third-order valence-electron chi connectivity index (χ3n) is 3.36. The van der Waals surface area contributed by atoms with Gasteiger partial charge in [-0.2, -0.15) is 0 Å². The Balaban J connectivity index is 1.55. The van der Waals surface area contributed by atoms with E-state index >= 15 is 0 Å². The molecule has 0 atom stereocenters. The number of thiazole rings is 1. The Hall–Kier alpha value is -1.46. The largest absolute Gasteiger partial charge is 0.358 e. The molecule has 0 amide bonds. The maximum atomic E-state index is 5.32. The highest BCUT2D eigenvalue weighted by Gasteiger charge is 2.15. The predicted molar refractivity (Wildman–Crippen MR) is 88.3 cm³/mol. The van der Waals surface area contributed by atoms with E-state index in [0.29, 0.717) is 5.11 Å². The average molecular weight is 303 g/mol. The van der Waals surface area contributed by atoms with Gasteiger partial charge < -0.3 is 10.6 Å². The van der Waals surface area contributed by atoms with Crippen molar-refractivity contribution in [3.05, 3.63) is 46.5 Å². The highest BCUT2D eigenvalue weighted by atomic mass is 32.1. The van der Waals surface area contributed by atoms with E-state index in [2.05, 4.69) is 27.8 Å². The smallest absolute Gasteiger partial charge is 0.189 e. The highest BCUT2D eigenvalue weighted by Crippen LogP contribution is 2.29. The number of benzene rings is 1. The minimum Gasteiger partial charge on any atom is -0.358 e. The predicted octanol–water partition coefficient (Wildman–Crippen LogP) is 3.51. The molecule has 104 valence electrons. The van der Waals surface area contributed by atoms with Crippen LogP contribution in [0.1, 0.15) is 29.0 Å². The lowest BCUT2D eigenvalue weighted by atomic mass is 10.0. The van der Waals surface area contributed by atoms with Crippen molar-refractivity contribution in [1.82, 2.24) is 10.3 Å². The van der Waals surface area contributed by atoms with Crippen LogP contribution in [0.15, 0.2) is 30.3 Å². The van der Waals surface area contributed by atoms with Gasteiger partial charge in [-0.1, -0.05) is 30.3 Å². The molecule has 0 fully saturated rings. The quantitative estimate of drug-likeness (QED) is 0.851. The van der Waals surface area contributed by atoms with Gasteiger partial charge in [0.2, 0.25) is 0 Å². The average Bonchev–Trinajstić information content (AvgIpc) is 2.88. The van der Waals surface area contributed by atoms with Crippen LogP contribution in [0.5, 0.6) is 0 Å². The van der Waals surface area contributed by atoms with Gasteiger partial charge in [0.05, 0.1) is 5.69 Å². The summed E-state index contributed by atoms with van der Waals surface area (Å²) in [6.45, 7) is 0.734. The molecule has 1 aliphatic carbocycles. The first kappa shape index (κ1) is 13.5. The molecule has 3 nitrogen and oxygen atoms in total. The fourth-order valence-electron chi connectivity index (χ4n) is 2.32. The molecule has 0 aliphatic heterocycles. The molecule has 0 saturated heterocycles. The summed E-state index contributed by atoms with van der Waals surface area (Å²) in [5.74, 6) is 0. The molecule has 5 heteroatoms. The summed E-state index contributed by atoms with van der Waals surface area (Å²) in [7, 11) is 0. The summed E-state index contributed by atoms with van der Waals surface area (Å²) in [6, 6.07) is 10.2. The van der Waals surface area contributed by atoms with E-state index < -0.39 is 0 Å². The molecule has 0 radical (unpaired) electrons. The fourth-order valence-corrected chi connectivity index (χ4v) is 3.61. The monoisotopic (exact) mass is 303 g/mol. The standard InChI is InChI=1S/C15H17N3S2/c19-14(16-10-11-6-2-1-3-7-11)18-15-17-12-8-4-5-9-13(12)20-15/h1-3,6-7H,4-5,8-10H2,(H2,16,17,18,19). The molecule has 0 spiro atoms. The van der Waals surface area contributed by atoms with Crippen molar-refractivity contribution in [2.24, 2.45) is 0 Å². The molecule has 2 aromatic rings. The number of anilines is 1. The first-order valence-corrected chi connectivity index (χ1v) is 8.11. The molecular weight excluding hydrogens is 286 g/mol. The van der Waals surface area contributed by atoms with Crippen molar-refractivity contribution in [3.8, 4) is 0 Å². The van der Waals surface area contributed by atoms with Crippen LogP contribution in [0, 0.1) is 0 Å². The zero-order valence-corrected chi connectivity index (χ0v) is 12.8. The normalized spacial score (nSPS) is 13.6. The zero-order chi connectivity index (χ0) is 13.8. The van der Waals surface area contributed by atoms with Crippen LogP contribution in [-0.4, -0.2) is 10.1 Å². The second-order valence-electron chi connectivity index (χ2n) is 4.89. The van der Waals surface area contributed by atoms with Crippen LogP contribution >= 0.6 is 23.6 Å². The minimum absolute atomic E-state index is 0.639. The molecule has 1 heterocycles. The number of nitrogens with one attached hydrogen (secondary N) is 2. The van der Waals surface area contributed by atoms with E-state index in [9.17, 15) is 0 Å². The van der Waals surface area contributed by atoms with Crippen molar-refractivity contribution < 1.29 is 0 Å². The van der Waals surface area contributed by atoms with Gasteiger partial charge in [-0.15, -0.1) is 11.3 Å². The van der Waals surface area contributed by atoms with Crippen LogP contribution in [0.3, 0.4) is 0 Å². The van der Waals surface area contributed by atoms with E-state index in [4.69, 9.17) is 12.2 Å². The third-order valence-corrected chi connectivity index (χ3v) is 4.68. The van der Waals surface area contributed by atoms with Crippen LogP contribution in [0.4, 0.5) is 5.13 Å². The van der Waals surface area contributed by atoms with Gasteiger partial charge in [0, 0.05) is 11.4 Å². The molecule has 3 rings (SSSR count). The van der Waals surface area contributed by atoms with Crippen molar-refractivity contribution in [2.45, 2.75) is 32.2 Å². The van der Waals surface area contributed by atoms with E-state index in [0.717, 1.165) is 18.1 Å². The van der Waals surface area contributed by atoms with Crippen molar-refractivity contribution >= 4 is 33.8 Å². The van der Waals surface area contributed by atoms with Crippen molar-refractivity contribution in [1.29, 1.82) is 0 Å². The summed E-state index contributed by atoms with van der Waals surface area (Å²) in [5.41, 5.74) is 2.48. The Morgan fingerprint density at radius 3 is 2.80 bits per heavy atom. The summed E-state index contributed by atoms with van der Waals surface area (Å²) in [4.78, 5) is 6.05. The van der Waals surface area contributed by atoms with E-state index in [1.807, 2.05) is 18.2 Å². The molecule has 0 bridgehead atoms. The lowest BCUT2D eigenvalue weighted by molar-refractivity contribution is 0.683. The topological polar surface area (TPSA) is 37.0 Å². The summed E-state index contributed by atoms with van der Waals surface area (Å²) in [5, 5.41) is 7.97. The Morgan fingerprint density at radius 2 is 2.00 bits per heavy atom. The molecule has 1 aromatic carbocycles. The van der Waals surface area contributed by atoms with E-state index in [1.54, 1.807) is 11.3 Å². The molecule has 20 heavy (non-hydrogen) atoms. The van der Waals surface area contributed by atoms with Gasteiger partial charge in [0.1, 0.15) is 0 Å². The summed E-state index contributed by atoms with van der Waals surface area (Å²) < 4.78 is 0. The van der Waals surface area contributed by atoms with E-state index in [1.165, 1.54) is 35.4 Å². The number of hydrogen-bond acceptors (Lipinski definition) is 3. The Morgan fingerprint density at radius 1 is 1.20 bits per heavy atom. The molecule has 1 aliphatic rings. The Labute approximate surface area is 128 Å². The number of rotatable bonds is 3. The van der Waals surface area contributed by atoms with Crippen LogP contribution < -0.4 is 10.6 Å². The molecule has 0 saturated carbocycles. The van der Waals surface area contributed by atoms with Crippen LogP contribution in [0.25, 0.3) is 0 Å². The molecule has 2 N–H and O–H groups in total. The van der Waals surface area contributed by atoms with Crippen molar-refractivity contribution in [3.63, 3.8) is 0 Å². The molecular formula is C15H17N3S2. The molecule has 1 aromatic heterocycles. The van der Waals surface area contributed by atoms with Crippen LogP contribution in [-0.2, 0) is 19.4 Å². The highest BCUT2D eigenvalue weighted by molar-refractivity contribution is 7.80. The first-order chi connectivity index (χ1) is 9.81. The minimum atomic E-state index is 0.639. The number of nitrogens with zero attached hydrogens (tertiary/aromatic N) is 1. The second kappa shape index (κ2) is 6.33. The van der Waals surface area contributed by atoms with Crippen molar-refractivity contribution in [2.75, 3.05) is 5.32 Å². The first-order valence-electron chi connectivity index (χ1n) is 6.88. The SMILES string of the molecule is S=C(NCc1ccccc1)Nc1nc2c(s1)CCCC2. The zero-order valence-electron chi connectivity index (χ0n) is 11.2. The Bertz CT molecular complexity index is 569. The number of aryl methyl sites for hydroxylation is 2. The van der Waals surface area contributed by atoms with Gasteiger partial charge in [0.25, 0.3) is 0 Å². The van der Waals surface area contributed by atoms with Gasteiger partial charge in [-0.25, -0.2) is 4.98 Å². The number of fused-ring (bicyclic) bond motifs is 1. The van der Waals surface area contributed by atoms with E-state index in [-0.39, 0.29) is 0 Å².